The van der Waals surface area contributed by atoms with Crippen LogP contribution in [0.1, 0.15) is 30.1 Å². The first-order valence-corrected chi connectivity index (χ1v) is 8.70. The summed E-state index contributed by atoms with van der Waals surface area (Å²) in [6, 6.07) is 14.1. The van der Waals surface area contributed by atoms with Gasteiger partial charge in [-0.05, 0) is 12.8 Å². The molecule has 1 aromatic carbocycles. The lowest BCUT2D eigenvalue weighted by Gasteiger charge is -2.32. The van der Waals surface area contributed by atoms with Crippen molar-refractivity contribution in [2.75, 3.05) is 17.7 Å². The Morgan fingerprint density at radius 3 is 2.50 bits per heavy atom. The minimum atomic E-state index is 0. The van der Waals surface area contributed by atoms with Crippen LogP contribution in [-0.4, -0.2) is 28.2 Å². The van der Waals surface area contributed by atoms with E-state index in [2.05, 4.69) is 15.1 Å². The van der Waals surface area contributed by atoms with E-state index in [-0.39, 0.29) is 36.8 Å². The number of hydrogen-bond donors (Lipinski definition) is 2. The number of hydrogen-bond acceptors (Lipinski definition) is 7. The molecular formula is C19H24Cl2N6O. The fourth-order valence-electron chi connectivity index (χ4n) is 3.23. The van der Waals surface area contributed by atoms with Crippen LogP contribution in [0.4, 0.5) is 11.8 Å². The number of nitrogens with two attached hydrogens (primary N) is 2. The van der Waals surface area contributed by atoms with Crippen molar-refractivity contribution >= 4 is 36.6 Å². The van der Waals surface area contributed by atoms with Gasteiger partial charge in [-0.25, -0.2) is 4.98 Å². The molecular weight excluding hydrogens is 399 g/mol. The van der Waals surface area contributed by atoms with Crippen LogP contribution in [0.5, 0.6) is 0 Å². The standard InChI is InChI=1S/C19H22N6O.2ClH/c1-25(11-15-9-17(26-24-15)12-5-3-2-4-6-12)18-10-16(22-19(21)23-18)13-7-14(20)8-13;;/h2-6,9-10,13-14H,7-8,11,20H2,1H3,(H2,21,22,23);2*1H. The number of nitrogen functional groups attached to an aromatic ring is 1. The summed E-state index contributed by atoms with van der Waals surface area (Å²) in [7, 11) is 1.95. The maximum atomic E-state index is 5.91. The van der Waals surface area contributed by atoms with Crippen molar-refractivity contribution in [3.8, 4) is 11.3 Å². The molecule has 2 aromatic heterocycles. The van der Waals surface area contributed by atoms with Crippen molar-refractivity contribution in [3.63, 3.8) is 0 Å². The van der Waals surface area contributed by atoms with E-state index in [1.807, 2.05) is 54.4 Å². The second-order valence-corrected chi connectivity index (χ2v) is 6.84. The van der Waals surface area contributed by atoms with Crippen LogP contribution in [0.2, 0.25) is 0 Å². The second-order valence-electron chi connectivity index (χ2n) is 6.84. The quantitative estimate of drug-likeness (QED) is 0.648. The van der Waals surface area contributed by atoms with Gasteiger partial charge in [-0.15, -0.1) is 24.8 Å². The van der Waals surface area contributed by atoms with Gasteiger partial charge in [0.2, 0.25) is 5.95 Å². The Hall–Kier alpha value is -2.35. The fraction of sp³-hybridized carbons (Fsp3) is 0.316. The summed E-state index contributed by atoms with van der Waals surface area (Å²) in [5.74, 6) is 2.19. The summed E-state index contributed by atoms with van der Waals surface area (Å²) in [5, 5.41) is 4.17. The molecule has 7 nitrogen and oxygen atoms in total. The van der Waals surface area contributed by atoms with E-state index in [0.29, 0.717) is 12.5 Å². The van der Waals surface area contributed by atoms with Gasteiger partial charge in [0.25, 0.3) is 0 Å². The van der Waals surface area contributed by atoms with Crippen LogP contribution in [-0.2, 0) is 6.54 Å². The Balaban J connectivity index is 0.00000140. The van der Waals surface area contributed by atoms with Crippen LogP contribution >= 0.6 is 24.8 Å². The maximum Gasteiger partial charge on any atom is 0.222 e. The van der Waals surface area contributed by atoms with Gasteiger partial charge in [-0.1, -0.05) is 35.5 Å². The number of halogens is 2. The van der Waals surface area contributed by atoms with E-state index >= 15 is 0 Å². The average molecular weight is 423 g/mol. The maximum absolute atomic E-state index is 5.91. The van der Waals surface area contributed by atoms with Gasteiger partial charge >= 0.3 is 0 Å². The summed E-state index contributed by atoms with van der Waals surface area (Å²) in [6.45, 7) is 0.566. The summed E-state index contributed by atoms with van der Waals surface area (Å²) >= 11 is 0. The van der Waals surface area contributed by atoms with Gasteiger partial charge in [0.15, 0.2) is 5.76 Å². The molecule has 0 amide bonds. The van der Waals surface area contributed by atoms with Crippen LogP contribution in [0.3, 0.4) is 0 Å². The number of rotatable bonds is 5. The molecule has 0 bridgehead atoms. The van der Waals surface area contributed by atoms with Crippen molar-refractivity contribution < 1.29 is 4.52 Å². The van der Waals surface area contributed by atoms with Gasteiger partial charge in [0, 0.05) is 36.7 Å². The molecule has 0 atom stereocenters. The molecule has 0 aliphatic heterocycles. The highest BCUT2D eigenvalue weighted by Gasteiger charge is 2.29. The fourth-order valence-corrected chi connectivity index (χ4v) is 3.23. The average Bonchev–Trinajstić information content (AvgIpc) is 3.07. The number of nitrogens with zero attached hydrogens (tertiary/aromatic N) is 4. The zero-order valence-electron chi connectivity index (χ0n) is 15.5. The first-order valence-electron chi connectivity index (χ1n) is 8.70. The molecule has 2 heterocycles. The largest absolute Gasteiger partial charge is 0.368 e. The predicted octanol–water partition coefficient (Wildman–Crippen LogP) is 3.40. The molecule has 4 rings (SSSR count). The molecule has 3 aromatic rings. The molecule has 1 saturated carbocycles. The smallest absolute Gasteiger partial charge is 0.222 e. The molecule has 0 radical (unpaired) electrons. The molecule has 0 spiro atoms. The SMILES string of the molecule is CN(Cc1cc(-c2ccccc2)on1)c1cc(C2CC(N)C2)nc(N)n1.Cl.Cl. The number of anilines is 2. The first-order chi connectivity index (χ1) is 12.6. The molecule has 0 saturated heterocycles. The minimum Gasteiger partial charge on any atom is -0.368 e. The predicted molar refractivity (Wildman–Crippen MR) is 115 cm³/mol. The molecule has 150 valence electrons. The van der Waals surface area contributed by atoms with E-state index in [1.165, 1.54) is 0 Å². The third-order valence-corrected chi connectivity index (χ3v) is 4.75. The van der Waals surface area contributed by atoms with Crippen LogP contribution < -0.4 is 16.4 Å². The summed E-state index contributed by atoms with van der Waals surface area (Å²) in [6.07, 6.45) is 1.90. The minimum absolute atomic E-state index is 0. The van der Waals surface area contributed by atoms with Gasteiger partial charge in [0.1, 0.15) is 11.5 Å². The van der Waals surface area contributed by atoms with Crippen LogP contribution in [0.15, 0.2) is 47.0 Å². The third kappa shape index (κ3) is 4.73. The van der Waals surface area contributed by atoms with Crippen LogP contribution in [0.25, 0.3) is 11.3 Å². The Bertz CT molecular complexity index is 898. The molecule has 9 heteroatoms. The lowest BCUT2D eigenvalue weighted by atomic mass is 9.78. The summed E-state index contributed by atoms with van der Waals surface area (Å²) in [4.78, 5) is 10.7. The van der Waals surface area contributed by atoms with Gasteiger partial charge in [-0.3, -0.25) is 0 Å². The summed E-state index contributed by atoms with van der Waals surface area (Å²) in [5.41, 5.74) is 14.6. The highest BCUT2D eigenvalue weighted by Crippen LogP contribution is 2.35. The van der Waals surface area contributed by atoms with Crippen LogP contribution in [0, 0.1) is 0 Å². The lowest BCUT2D eigenvalue weighted by molar-refractivity contribution is 0.345. The highest BCUT2D eigenvalue weighted by molar-refractivity contribution is 5.85. The highest BCUT2D eigenvalue weighted by atomic mass is 35.5. The lowest BCUT2D eigenvalue weighted by Crippen LogP contribution is -2.35. The Kier molecular flexibility index (Phi) is 7.23. The van der Waals surface area contributed by atoms with E-state index in [0.717, 1.165) is 41.4 Å². The van der Waals surface area contributed by atoms with E-state index in [1.54, 1.807) is 0 Å². The monoisotopic (exact) mass is 422 g/mol. The van der Waals surface area contributed by atoms with Gasteiger partial charge < -0.3 is 20.9 Å². The Labute approximate surface area is 176 Å². The van der Waals surface area contributed by atoms with Crippen molar-refractivity contribution in [2.24, 2.45) is 5.73 Å². The molecule has 1 aliphatic carbocycles. The van der Waals surface area contributed by atoms with Gasteiger partial charge in [0.05, 0.1) is 12.2 Å². The summed E-state index contributed by atoms with van der Waals surface area (Å²) < 4.78 is 5.46. The Morgan fingerprint density at radius 1 is 1.11 bits per heavy atom. The van der Waals surface area contributed by atoms with Crippen molar-refractivity contribution in [1.82, 2.24) is 15.1 Å². The third-order valence-electron chi connectivity index (χ3n) is 4.75. The molecule has 1 aliphatic rings. The van der Waals surface area contributed by atoms with E-state index < -0.39 is 0 Å². The molecule has 4 N–H and O–H groups in total. The second kappa shape index (κ2) is 9.23. The van der Waals surface area contributed by atoms with Crippen molar-refractivity contribution in [2.45, 2.75) is 31.3 Å². The van der Waals surface area contributed by atoms with Crippen molar-refractivity contribution in [1.29, 1.82) is 0 Å². The molecule has 1 fully saturated rings. The molecule has 0 unspecified atom stereocenters. The topological polar surface area (TPSA) is 107 Å². The first kappa shape index (κ1) is 21.9. The van der Waals surface area contributed by atoms with Gasteiger partial charge in [-0.2, -0.15) is 4.98 Å². The zero-order valence-corrected chi connectivity index (χ0v) is 17.1. The normalized spacial score (nSPS) is 17.8. The van der Waals surface area contributed by atoms with E-state index in [4.69, 9.17) is 16.0 Å². The Morgan fingerprint density at radius 2 is 1.82 bits per heavy atom. The molecule has 28 heavy (non-hydrogen) atoms. The van der Waals surface area contributed by atoms with Crippen molar-refractivity contribution in [3.05, 3.63) is 53.9 Å². The zero-order chi connectivity index (χ0) is 18.1. The number of benzene rings is 1. The number of aromatic nitrogens is 3. The van der Waals surface area contributed by atoms with E-state index in [9.17, 15) is 0 Å².